The van der Waals surface area contributed by atoms with E-state index < -0.39 is 0 Å². The number of rotatable bonds is 6. The Bertz CT molecular complexity index is 953. The monoisotopic (exact) mass is 420 g/mol. The van der Waals surface area contributed by atoms with Crippen LogP contribution in [0.25, 0.3) is 10.2 Å². The van der Waals surface area contributed by atoms with Crippen LogP contribution in [0.5, 0.6) is 0 Å². The molecule has 0 radical (unpaired) electrons. The van der Waals surface area contributed by atoms with Crippen LogP contribution in [-0.2, 0) is 28.9 Å². The van der Waals surface area contributed by atoms with Crippen LogP contribution in [0.15, 0.2) is 22.6 Å². The van der Waals surface area contributed by atoms with E-state index in [0.29, 0.717) is 24.2 Å². The van der Waals surface area contributed by atoms with Gasteiger partial charge < -0.3 is 4.74 Å². The lowest BCUT2D eigenvalue weighted by Gasteiger charge is -2.33. The minimum Gasteiger partial charge on any atom is -0.465 e. The van der Waals surface area contributed by atoms with Crippen LogP contribution < -0.4 is 5.56 Å². The molecule has 5 nitrogen and oxygen atoms in total. The first-order valence-corrected chi connectivity index (χ1v) is 11.5. The van der Waals surface area contributed by atoms with Gasteiger partial charge in [0, 0.05) is 11.4 Å². The number of carbonyl (C=O) groups excluding carboxylic acids is 1. The highest BCUT2D eigenvalue weighted by molar-refractivity contribution is 7.99. The van der Waals surface area contributed by atoms with Crippen molar-refractivity contribution >= 4 is 39.3 Å². The lowest BCUT2D eigenvalue weighted by atomic mass is 9.72. The van der Waals surface area contributed by atoms with E-state index in [1.165, 1.54) is 22.2 Å². The highest BCUT2D eigenvalue weighted by Gasteiger charge is 2.32. The number of fused-ring (bicyclic) bond motifs is 3. The third-order valence-electron chi connectivity index (χ3n) is 5.29. The molecule has 0 unspecified atom stereocenters. The zero-order valence-corrected chi connectivity index (χ0v) is 18.7. The SMILES string of the molecule is C=CCn1c(SCC(=O)OCC)nc2sc3c(c2c1=O)CC[C@H](C(C)(C)C)C3. The molecule has 0 aromatic carbocycles. The fraction of sp³-hybridized carbons (Fsp3) is 0.571. The molecule has 0 spiro atoms. The number of aryl methyl sites for hydroxylation is 1. The second-order valence-corrected chi connectivity index (χ2v) is 10.2. The molecular formula is C21H28N2O3S2. The van der Waals surface area contributed by atoms with Crippen LogP contribution >= 0.6 is 23.1 Å². The topological polar surface area (TPSA) is 61.2 Å². The Hall–Kier alpha value is -1.60. The van der Waals surface area contributed by atoms with Crippen LogP contribution in [0, 0.1) is 11.3 Å². The number of esters is 1. The standard InChI is InChI=1S/C21H28N2O3S2/c1-6-10-23-19(25)17-14-9-8-13(21(3,4)5)11-15(14)28-18(17)22-20(23)27-12-16(24)26-7-2/h6,13H,1,7-12H2,2-5H3/t13-/m0/s1. The first-order chi connectivity index (χ1) is 13.3. The fourth-order valence-corrected chi connectivity index (χ4v) is 5.85. The van der Waals surface area contributed by atoms with Crippen molar-refractivity contribution in [2.75, 3.05) is 12.4 Å². The van der Waals surface area contributed by atoms with Gasteiger partial charge >= 0.3 is 5.97 Å². The highest BCUT2D eigenvalue weighted by atomic mass is 32.2. The average Bonchev–Trinajstić information content (AvgIpc) is 2.99. The minimum absolute atomic E-state index is 0.0250. The summed E-state index contributed by atoms with van der Waals surface area (Å²) in [6.07, 6.45) is 4.73. The lowest BCUT2D eigenvalue weighted by Crippen LogP contribution is -2.27. The zero-order chi connectivity index (χ0) is 20.5. The van der Waals surface area contributed by atoms with Gasteiger partial charge in [0.2, 0.25) is 0 Å². The third-order valence-corrected chi connectivity index (χ3v) is 7.39. The van der Waals surface area contributed by atoms with Gasteiger partial charge in [0.15, 0.2) is 5.16 Å². The first kappa shape index (κ1) is 21.1. The van der Waals surface area contributed by atoms with Gasteiger partial charge in [0.05, 0.1) is 17.7 Å². The number of ether oxygens (including phenoxy) is 1. The first-order valence-electron chi connectivity index (χ1n) is 9.70. The molecule has 2 aromatic rings. The van der Waals surface area contributed by atoms with Crippen molar-refractivity contribution in [1.29, 1.82) is 0 Å². The second-order valence-electron chi connectivity index (χ2n) is 8.18. The Labute approximate surface area is 174 Å². The molecule has 1 atom stereocenters. The molecule has 0 N–H and O–H groups in total. The van der Waals surface area contributed by atoms with Crippen LogP contribution in [0.2, 0.25) is 0 Å². The van der Waals surface area contributed by atoms with Gasteiger partial charge in [-0.05, 0) is 43.1 Å². The van der Waals surface area contributed by atoms with Crippen LogP contribution in [0.1, 0.15) is 44.6 Å². The molecule has 1 aliphatic rings. The number of aromatic nitrogens is 2. The zero-order valence-electron chi connectivity index (χ0n) is 17.0. The number of thioether (sulfide) groups is 1. The molecule has 28 heavy (non-hydrogen) atoms. The number of allylic oxidation sites excluding steroid dienone is 1. The summed E-state index contributed by atoms with van der Waals surface area (Å²) in [7, 11) is 0. The molecule has 7 heteroatoms. The Morgan fingerprint density at radius 3 is 2.86 bits per heavy atom. The van der Waals surface area contributed by atoms with E-state index in [9.17, 15) is 9.59 Å². The molecule has 0 fully saturated rings. The fourth-order valence-electron chi connectivity index (χ4n) is 3.71. The molecule has 152 valence electrons. The van der Waals surface area contributed by atoms with E-state index >= 15 is 0 Å². The number of thiophene rings is 1. The average molecular weight is 421 g/mol. The van der Waals surface area contributed by atoms with E-state index in [1.54, 1.807) is 28.9 Å². The summed E-state index contributed by atoms with van der Waals surface area (Å²) in [5.74, 6) is 0.451. The summed E-state index contributed by atoms with van der Waals surface area (Å²) in [6, 6.07) is 0. The van der Waals surface area contributed by atoms with E-state index in [2.05, 4.69) is 27.4 Å². The number of nitrogens with zero attached hydrogens (tertiary/aromatic N) is 2. The summed E-state index contributed by atoms with van der Waals surface area (Å²) in [4.78, 5) is 31.9. The molecule has 0 saturated heterocycles. The summed E-state index contributed by atoms with van der Waals surface area (Å²) in [5.41, 5.74) is 1.41. The maximum absolute atomic E-state index is 13.3. The Kier molecular flexibility index (Phi) is 6.34. The van der Waals surface area contributed by atoms with Crippen molar-refractivity contribution in [2.45, 2.75) is 58.7 Å². The third kappa shape index (κ3) is 4.20. The maximum Gasteiger partial charge on any atom is 0.316 e. The molecular weight excluding hydrogens is 392 g/mol. The summed E-state index contributed by atoms with van der Waals surface area (Å²) >= 11 is 2.89. The highest BCUT2D eigenvalue weighted by Crippen LogP contribution is 2.42. The van der Waals surface area contributed by atoms with Crippen LogP contribution in [0.3, 0.4) is 0 Å². The molecule has 0 amide bonds. The van der Waals surface area contributed by atoms with Crippen molar-refractivity contribution in [2.24, 2.45) is 11.3 Å². The molecule has 0 bridgehead atoms. The van der Waals surface area contributed by atoms with Gasteiger partial charge in [-0.1, -0.05) is 38.6 Å². The van der Waals surface area contributed by atoms with Crippen molar-refractivity contribution in [3.8, 4) is 0 Å². The van der Waals surface area contributed by atoms with Gasteiger partial charge in [0.25, 0.3) is 5.56 Å². The normalized spacial score (nSPS) is 16.8. The number of carbonyl (C=O) groups is 1. The van der Waals surface area contributed by atoms with Crippen molar-refractivity contribution in [3.63, 3.8) is 0 Å². The Morgan fingerprint density at radius 2 is 2.21 bits per heavy atom. The molecule has 1 aliphatic carbocycles. The predicted molar refractivity (Wildman–Crippen MR) is 116 cm³/mol. The van der Waals surface area contributed by atoms with Crippen molar-refractivity contribution < 1.29 is 9.53 Å². The quantitative estimate of drug-likeness (QED) is 0.299. The van der Waals surface area contributed by atoms with Gasteiger partial charge in [-0.3, -0.25) is 14.2 Å². The Morgan fingerprint density at radius 1 is 1.46 bits per heavy atom. The molecule has 0 saturated carbocycles. The largest absolute Gasteiger partial charge is 0.465 e. The number of hydrogen-bond donors (Lipinski definition) is 0. The lowest BCUT2D eigenvalue weighted by molar-refractivity contribution is -0.139. The molecule has 2 aromatic heterocycles. The smallest absolute Gasteiger partial charge is 0.316 e. The van der Waals surface area contributed by atoms with E-state index in [4.69, 9.17) is 9.72 Å². The van der Waals surface area contributed by atoms with Gasteiger partial charge in [-0.2, -0.15) is 0 Å². The molecule has 3 rings (SSSR count). The van der Waals surface area contributed by atoms with Crippen LogP contribution in [-0.4, -0.2) is 27.9 Å². The minimum atomic E-state index is -0.300. The molecule has 2 heterocycles. The van der Waals surface area contributed by atoms with Gasteiger partial charge in [-0.25, -0.2) is 4.98 Å². The summed E-state index contributed by atoms with van der Waals surface area (Å²) in [5, 5.41) is 1.31. The molecule has 0 aliphatic heterocycles. The van der Waals surface area contributed by atoms with Gasteiger partial charge in [-0.15, -0.1) is 17.9 Å². The predicted octanol–water partition coefficient (Wildman–Crippen LogP) is 4.45. The van der Waals surface area contributed by atoms with Crippen molar-refractivity contribution in [1.82, 2.24) is 9.55 Å². The van der Waals surface area contributed by atoms with Crippen molar-refractivity contribution in [3.05, 3.63) is 33.4 Å². The van der Waals surface area contributed by atoms with E-state index in [1.807, 2.05) is 0 Å². The summed E-state index contributed by atoms with van der Waals surface area (Å²) < 4.78 is 6.63. The second kappa shape index (κ2) is 8.41. The number of hydrogen-bond acceptors (Lipinski definition) is 6. The van der Waals surface area contributed by atoms with E-state index in [-0.39, 0.29) is 22.7 Å². The van der Waals surface area contributed by atoms with Gasteiger partial charge in [0.1, 0.15) is 4.83 Å². The van der Waals surface area contributed by atoms with E-state index in [0.717, 1.165) is 29.5 Å². The maximum atomic E-state index is 13.3. The Balaban J connectivity index is 2.02. The summed E-state index contributed by atoms with van der Waals surface area (Å²) in [6.45, 7) is 13.1. The van der Waals surface area contributed by atoms with Crippen LogP contribution in [0.4, 0.5) is 0 Å².